The van der Waals surface area contributed by atoms with Crippen molar-refractivity contribution in [3.05, 3.63) is 29.8 Å². The van der Waals surface area contributed by atoms with Crippen molar-refractivity contribution in [1.82, 2.24) is 5.43 Å². The topological polar surface area (TPSA) is 58.6 Å². The molecule has 0 radical (unpaired) electrons. The number of hydrogen-bond donors (Lipinski definition) is 1. The molecule has 1 N–H and O–H groups in total. The maximum atomic E-state index is 11.9. The molecule has 0 aromatic heterocycles. The van der Waals surface area contributed by atoms with Gasteiger partial charge in [0.05, 0.1) is 12.8 Å². The first-order chi connectivity index (χ1) is 8.22. The Morgan fingerprint density at radius 3 is 2.88 bits per heavy atom. The summed E-state index contributed by atoms with van der Waals surface area (Å²) >= 11 is 0. The molecular formula is C12H14N2O3. The lowest BCUT2D eigenvalue weighted by Crippen LogP contribution is -2.46. The summed E-state index contributed by atoms with van der Waals surface area (Å²) in [6.45, 7) is 0. The van der Waals surface area contributed by atoms with Gasteiger partial charge in [0.15, 0.2) is 0 Å². The molecule has 90 valence electrons. The molecule has 1 aliphatic heterocycles. The second-order valence-corrected chi connectivity index (χ2v) is 3.81. The first kappa shape index (κ1) is 11.4. The number of benzene rings is 1. The van der Waals surface area contributed by atoms with Crippen LogP contribution in [0.1, 0.15) is 18.4 Å². The van der Waals surface area contributed by atoms with Crippen molar-refractivity contribution in [1.29, 1.82) is 0 Å². The van der Waals surface area contributed by atoms with E-state index in [2.05, 4.69) is 10.2 Å². The van der Waals surface area contributed by atoms with Crippen LogP contribution >= 0.6 is 0 Å². The Kier molecular flexibility index (Phi) is 3.27. The van der Waals surface area contributed by atoms with E-state index < -0.39 is 6.09 Å². The molecule has 0 bridgehead atoms. The van der Waals surface area contributed by atoms with Gasteiger partial charge in [-0.3, -0.25) is 4.79 Å². The van der Waals surface area contributed by atoms with Crippen molar-refractivity contribution >= 4 is 17.7 Å². The molecule has 1 aromatic rings. The van der Waals surface area contributed by atoms with E-state index in [9.17, 15) is 9.59 Å². The van der Waals surface area contributed by atoms with Crippen LogP contribution in [0, 0.1) is 0 Å². The molecular weight excluding hydrogens is 220 g/mol. The summed E-state index contributed by atoms with van der Waals surface area (Å²) < 4.78 is 4.51. The highest BCUT2D eigenvalue weighted by atomic mass is 16.5. The summed E-state index contributed by atoms with van der Waals surface area (Å²) in [5.41, 5.74) is 4.21. The van der Waals surface area contributed by atoms with E-state index in [4.69, 9.17) is 0 Å². The highest BCUT2D eigenvalue weighted by Gasteiger charge is 2.23. The van der Waals surface area contributed by atoms with Crippen molar-refractivity contribution in [2.45, 2.75) is 19.3 Å². The normalized spacial score (nSPS) is 14.9. The molecule has 17 heavy (non-hydrogen) atoms. The number of para-hydroxylation sites is 1. The number of carbonyl (C=O) groups excluding carboxylic acids is 2. The average molecular weight is 234 g/mol. The van der Waals surface area contributed by atoms with Crippen LogP contribution in [0.15, 0.2) is 24.3 Å². The van der Waals surface area contributed by atoms with E-state index in [1.54, 1.807) is 0 Å². The third-order valence-corrected chi connectivity index (χ3v) is 2.71. The molecule has 1 heterocycles. The van der Waals surface area contributed by atoms with Gasteiger partial charge in [0.25, 0.3) is 0 Å². The zero-order valence-electron chi connectivity index (χ0n) is 9.60. The second kappa shape index (κ2) is 4.86. The summed E-state index contributed by atoms with van der Waals surface area (Å²) in [5, 5.41) is 1.27. The number of anilines is 1. The first-order valence-corrected chi connectivity index (χ1v) is 5.48. The van der Waals surface area contributed by atoms with Gasteiger partial charge in [-0.25, -0.2) is 15.2 Å². The van der Waals surface area contributed by atoms with Crippen LogP contribution in [0.25, 0.3) is 0 Å². The fourth-order valence-electron chi connectivity index (χ4n) is 1.88. The Labute approximate surface area is 99.3 Å². The number of hydrogen-bond acceptors (Lipinski definition) is 3. The Morgan fingerprint density at radius 1 is 1.35 bits per heavy atom. The lowest BCUT2D eigenvalue weighted by atomic mass is 10.1. The summed E-state index contributed by atoms with van der Waals surface area (Å²) in [6, 6.07) is 7.53. The van der Waals surface area contributed by atoms with Gasteiger partial charge in [0, 0.05) is 6.42 Å². The number of aryl methyl sites for hydroxylation is 1. The lowest BCUT2D eigenvalue weighted by Gasteiger charge is -2.22. The number of hydrazine groups is 1. The van der Waals surface area contributed by atoms with Crippen molar-refractivity contribution in [3.63, 3.8) is 0 Å². The van der Waals surface area contributed by atoms with Crippen LogP contribution in [0.2, 0.25) is 0 Å². The summed E-state index contributed by atoms with van der Waals surface area (Å²) in [5.74, 6) is -0.125. The monoisotopic (exact) mass is 234 g/mol. The molecule has 0 aliphatic carbocycles. The van der Waals surface area contributed by atoms with Crippen LogP contribution in [0.4, 0.5) is 10.5 Å². The number of nitrogens with zero attached hydrogens (tertiary/aromatic N) is 1. The quantitative estimate of drug-likeness (QED) is 0.803. The molecule has 0 atom stereocenters. The third-order valence-electron chi connectivity index (χ3n) is 2.71. The van der Waals surface area contributed by atoms with Gasteiger partial charge in [-0.05, 0) is 24.5 Å². The number of methoxy groups -OCH3 is 1. The minimum absolute atomic E-state index is 0.125. The van der Waals surface area contributed by atoms with Crippen molar-refractivity contribution < 1.29 is 14.3 Å². The number of fused-ring (bicyclic) bond motifs is 1. The number of nitrogens with one attached hydrogen (secondary N) is 1. The molecule has 0 unspecified atom stereocenters. The van der Waals surface area contributed by atoms with E-state index in [1.165, 1.54) is 12.1 Å². The molecule has 2 amide bonds. The summed E-state index contributed by atoms with van der Waals surface area (Å²) in [4.78, 5) is 23.1. The van der Waals surface area contributed by atoms with E-state index in [0.717, 1.165) is 24.1 Å². The standard InChI is InChI=1S/C12H14N2O3/c1-17-12(16)13-14-10-7-3-2-5-9(10)6-4-8-11(14)15/h2-3,5,7H,4,6,8H2,1H3,(H,13,16). The Hall–Kier alpha value is -2.04. The Morgan fingerprint density at radius 2 is 2.12 bits per heavy atom. The summed E-state index contributed by atoms with van der Waals surface area (Å²) in [7, 11) is 1.27. The largest absolute Gasteiger partial charge is 0.452 e. The van der Waals surface area contributed by atoms with Gasteiger partial charge < -0.3 is 4.74 Å². The van der Waals surface area contributed by atoms with Crippen LogP contribution in [0.5, 0.6) is 0 Å². The fourth-order valence-corrected chi connectivity index (χ4v) is 1.88. The van der Waals surface area contributed by atoms with Crippen LogP contribution in [0.3, 0.4) is 0 Å². The highest BCUT2D eigenvalue weighted by molar-refractivity contribution is 5.96. The van der Waals surface area contributed by atoms with E-state index in [-0.39, 0.29) is 5.91 Å². The maximum absolute atomic E-state index is 11.9. The van der Waals surface area contributed by atoms with Gasteiger partial charge in [-0.1, -0.05) is 18.2 Å². The van der Waals surface area contributed by atoms with Gasteiger partial charge in [-0.15, -0.1) is 0 Å². The van der Waals surface area contributed by atoms with E-state index in [1.807, 2.05) is 24.3 Å². The SMILES string of the molecule is COC(=O)NN1C(=O)CCCc2ccccc21. The number of carbonyl (C=O) groups is 2. The highest BCUT2D eigenvalue weighted by Crippen LogP contribution is 2.25. The molecule has 0 saturated carbocycles. The van der Waals surface area contributed by atoms with Gasteiger partial charge in [0.2, 0.25) is 5.91 Å². The molecule has 2 rings (SSSR count). The molecule has 1 aromatic carbocycles. The predicted octanol–water partition coefficient (Wildman–Crippen LogP) is 1.63. The Balaban J connectivity index is 2.33. The summed E-state index contributed by atoms with van der Waals surface area (Å²) in [6.07, 6.45) is 1.39. The lowest BCUT2D eigenvalue weighted by molar-refractivity contribution is -0.119. The van der Waals surface area contributed by atoms with E-state index >= 15 is 0 Å². The van der Waals surface area contributed by atoms with Gasteiger partial charge >= 0.3 is 6.09 Å². The maximum Gasteiger partial charge on any atom is 0.426 e. The Bertz CT molecular complexity index is 445. The minimum atomic E-state index is -0.643. The average Bonchev–Trinajstić information content (AvgIpc) is 2.50. The number of amides is 2. The van der Waals surface area contributed by atoms with Gasteiger partial charge in [-0.2, -0.15) is 0 Å². The second-order valence-electron chi connectivity index (χ2n) is 3.81. The van der Waals surface area contributed by atoms with Crippen molar-refractivity contribution in [2.75, 3.05) is 12.1 Å². The zero-order valence-corrected chi connectivity index (χ0v) is 9.60. The molecule has 0 saturated heterocycles. The number of ether oxygens (including phenoxy) is 1. The fraction of sp³-hybridized carbons (Fsp3) is 0.333. The van der Waals surface area contributed by atoms with E-state index in [0.29, 0.717) is 6.42 Å². The molecule has 1 aliphatic rings. The first-order valence-electron chi connectivity index (χ1n) is 5.48. The van der Waals surface area contributed by atoms with Crippen LogP contribution in [-0.4, -0.2) is 19.1 Å². The molecule has 5 nitrogen and oxygen atoms in total. The van der Waals surface area contributed by atoms with Crippen LogP contribution < -0.4 is 10.4 Å². The smallest absolute Gasteiger partial charge is 0.426 e. The third kappa shape index (κ3) is 2.38. The van der Waals surface area contributed by atoms with Crippen molar-refractivity contribution in [3.8, 4) is 0 Å². The zero-order chi connectivity index (χ0) is 12.3. The van der Waals surface area contributed by atoms with Crippen LogP contribution in [-0.2, 0) is 16.0 Å². The minimum Gasteiger partial charge on any atom is -0.452 e. The van der Waals surface area contributed by atoms with Crippen molar-refractivity contribution in [2.24, 2.45) is 0 Å². The number of rotatable bonds is 1. The molecule has 5 heteroatoms. The van der Waals surface area contributed by atoms with Gasteiger partial charge in [0.1, 0.15) is 0 Å². The molecule has 0 spiro atoms. The molecule has 0 fully saturated rings. The predicted molar refractivity (Wildman–Crippen MR) is 62.4 cm³/mol.